The number of rotatable bonds is 4. The number of carbonyl (C=O) groups is 1. The van der Waals surface area contributed by atoms with Gasteiger partial charge in [0.1, 0.15) is 5.25 Å². The fourth-order valence-corrected chi connectivity index (χ4v) is 3.76. The number of carbonyl (C=O) groups excluding carboxylic acids is 1. The first kappa shape index (κ1) is 16.5. The van der Waals surface area contributed by atoms with E-state index in [4.69, 9.17) is 11.5 Å². The maximum Gasteiger partial charge on any atom is 0.240 e. The molecule has 1 aliphatic heterocycles. The molecule has 126 valence electrons. The fourth-order valence-electron chi connectivity index (χ4n) is 2.72. The first-order chi connectivity index (χ1) is 11.6. The summed E-state index contributed by atoms with van der Waals surface area (Å²) in [6, 6.07) is 9.64. The molecule has 1 fully saturated rings. The molecule has 8 heteroatoms. The van der Waals surface area contributed by atoms with Gasteiger partial charge in [0.05, 0.1) is 0 Å². The maximum atomic E-state index is 13.0. The summed E-state index contributed by atoms with van der Waals surface area (Å²) in [6.45, 7) is 1.59. The van der Waals surface area contributed by atoms with Gasteiger partial charge in [0.2, 0.25) is 17.8 Å². The molecule has 1 atom stereocenters. The minimum absolute atomic E-state index is 0.0576. The maximum absolute atomic E-state index is 13.0. The van der Waals surface area contributed by atoms with E-state index in [-0.39, 0.29) is 17.8 Å². The van der Waals surface area contributed by atoms with Crippen LogP contribution in [0.25, 0.3) is 0 Å². The van der Waals surface area contributed by atoms with Crippen LogP contribution in [0.15, 0.2) is 35.5 Å². The van der Waals surface area contributed by atoms with Gasteiger partial charge in [0, 0.05) is 13.1 Å². The molecule has 4 N–H and O–H groups in total. The van der Waals surface area contributed by atoms with E-state index in [1.165, 1.54) is 18.2 Å². The number of likely N-dealkylation sites (tertiary alicyclic amines) is 1. The Hall–Kier alpha value is -2.35. The molecule has 0 saturated carbocycles. The van der Waals surface area contributed by atoms with Crippen LogP contribution >= 0.6 is 11.8 Å². The minimum atomic E-state index is -0.425. The third-order valence-electron chi connectivity index (χ3n) is 3.87. The number of amides is 1. The smallest absolute Gasteiger partial charge is 0.240 e. The van der Waals surface area contributed by atoms with Gasteiger partial charge in [-0.25, -0.2) is 0 Å². The highest BCUT2D eigenvalue weighted by Gasteiger charge is 2.29. The monoisotopic (exact) mass is 344 g/mol. The lowest BCUT2D eigenvalue weighted by Crippen LogP contribution is -2.38. The summed E-state index contributed by atoms with van der Waals surface area (Å²) in [7, 11) is 0. The first-order valence-corrected chi connectivity index (χ1v) is 8.79. The zero-order chi connectivity index (χ0) is 16.9. The number of benzene rings is 1. The number of piperidine rings is 1. The zero-order valence-corrected chi connectivity index (χ0v) is 14.1. The van der Waals surface area contributed by atoms with E-state index in [0.29, 0.717) is 5.16 Å². The minimum Gasteiger partial charge on any atom is -0.368 e. The molecule has 1 amide bonds. The summed E-state index contributed by atoms with van der Waals surface area (Å²) in [4.78, 5) is 26.9. The highest BCUT2D eigenvalue weighted by Crippen LogP contribution is 2.35. The highest BCUT2D eigenvalue weighted by molar-refractivity contribution is 8.00. The highest BCUT2D eigenvalue weighted by atomic mass is 32.2. The van der Waals surface area contributed by atoms with Gasteiger partial charge in [-0.3, -0.25) is 4.79 Å². The van der Waals surface area contributed by atoms with Gasteiger partial charge in [0.25, 0.3) is 0 Å². The third-order valence-corrected chi connectivity index (χ3v) is 4.97. The fraction of sp³-hybridized carbons (Fsp3) is 0.375. The van der Waals surface area contributed by atoms with Crippen molar-refractivity contribution in [3.8, 4) is 0 Å². The molecule has 0 unspecified atom stereocenters. The Morgan fingerprint density at radius 1 is 1.00 bits per heavy atom. The molecule has 1 aliphatic rings. The Bertz CT molecular complexity index is 685. The molecule has 0 bridgehead atoms. The van der Waals surface area contributed by atoms with Crippen LogP contribution in [0.5, 0.6) is 0 Å². The number of nitrogens with zero attached hydrogens (tertiary/aromatic N) is 4. The molecule has 0 aliphatic carbocycles. The van der Waals surface area contributed by atoms with Crippen LogP contribution in [-0.4, -0.2) is 38.8 Å². The van der Waals surface area contributed by atoms with Crippen LogP contribution in [0.3, 0.4) is 0 Å². The lowest BCUT2D eigenvalue weighted by atomic mass is 10.1. The number of hydrogen-bond acceptors (Lipinski definition) is 7. The second kappa shape index (κ2) is 7.48. The van der Waals surface area contributed by atoms with Gasteiger partial charge in [-0.2, -0.15) is 15.0 Å². The van der Waals surface area contributed by atoms with E-state index in [9.17, 15) is 4.79 Å². The van der Waals surface area contributed by atoms with E-state index in [0.717, 1.165) is 31.5 Å². The normalized spacial score (nSPS) is 15.9. The summed E-state index contributed by atoms with van der Waals surface area (Å²) in [6.07, 6.45) is 3.26. The second-order valence-corrected chi connectivity index (χ2v) is 6.70. The number of aromatic nitrogens is 3. The van der Waals surface area contributed by atoms with E-state index >= 15 is 0 Å². The molecular weight excluding hydrogens is 324 g/mol. The zero-order valence-electron chi connectivity index (χ0n) is 13.3. The van der Waals surface area contributed by atoms with Gasteiger partial charge in [0.15, 0.2) is 5.16 Å². The molecule has 1 saturated heterocycles. The van der Waals surface area contributed by atoms with Crippen molar-refractivity contribution in [1.82, 2.24) is 19.9 Å². The second-order valence-electron chi connectivity index (χ2n) is 5.63. The van der Waals surface area contributed by atoms with Crippen LogP contribution in [0.4, 0.5) is 11.9 Å². The van der Waals surface area contributed by atoms with Gasteiger partial charge in [-0.15, -0.1) is 0 Å². The lowest BCUT2D eigenvalue weighted by Gasteiger charge is -2.30. The molecular formula is C16H20N6OS. The number of thioether (sulfide) groups is 1. The van der Waals surface area contributed by atoms with Crippen LogP contribution in [0.1, 0.15) is 30.1 Å². The van der Waals surface area contributed by atoms with E-state index in [1.807, 2.05) is 35.2 Å². The summed E-state index contributed by atoms with van der Waals surface area (Å²) < 4.78 is 0. The number of nitrogens with two attached hydrogens (primary N) is 2. The van der Waals surface area contributed by atoms with Crippen LogP contribution in [0.2, 0.25) is 0 Å². The predicted octanol–water partition coefficient (Wildman–Crippen LogP) is 1.88. The molecule has 1 aromatic heterocycles. The molecule has 2 aromatic rings. The Morgan fingerprint density at radius 3 is 2.25 bits per heavy atom. The van der Waals surface area contributed by atoms with Crippen molar-refractivity contribution in [2.24, 2.45) is 0 Å². The Kier molecular flexibility index (Phi) is 5.14. The van der Waals surface area contributed by atoms with Gasteiger partial charge >= 0.3 is 0 Å². The third kappa shape index (κ3) is 3.94. The first-order valence-electron chi connectivity index (χ1n) is 7.91. The number of nitrogen functional groups attached to an aromatic ring is 2. The Labute approximate surface area is 144 Å². The molecule has 1 aromatic carbocycles. The van der Waals surface area contributed by atoms with E-state index < -0.39 is 5.25 Å². The summed E-state index contributed by atoms with van der Waals surface area (Å²) >= 11 is 1.26. The van der Waals surface area contributed by atoms with E-state index in [2.05, 4.69) is 15.0 Å². The number of anilines is 2. The van der Waals surface area contributed by atoms with Gasteiger partial charge in [-0.05, 0) is 24.8 Å². The van der Waals surface area contributed by atoms with Crippen molar-refractivity contribution in [3.63, 3.8) is 0 Å². The molecule has 0 spiro atoms. The summed E-state index contributed by atoms with van der Waals surface area (Å²) in [5.74, 6) is 0.188. The van der Waals surface area contributed by atoms with Crippen LogP contribution < -0.4 is 11.5 Å². The summed E-state index contributed by atoms with van der Waals surface area (Å²) in [5.41, 5.74) is 12.2. The molecule has 24 heavy (non-hydrogen) atoms. The van der Waals surface area contributed by atoms with Crippen molar-refractivity contribution in [2.45, 2.75) is 29.7 Å². The molecule has 0 radical (unpaired) electrons. The Balaban J connectivity index is 1.88. The van der Waals surface area contributed by atoms with Crippen LogP contribution in [0, 0.1) is 0 Å². The standard InChI is InChI=1S/C16H20N6OS/c17-14-19-15(18)21-16(20-14)24-12(11-7-3-1-4-8-11)13(23)22-9-5-2-6-10-22/h1,3-4,7-8,12H,2,5-6,9-10H2,(H4,17,18,19,20,21)/t12-/m0/s1. The van der Waals surface area contributed by atoms with Crippen molar-refractivity contribution in [2.75, 3.05) is 24.6 Å². The van der Waals surface area contributed by atoms with Gasteiger partial charge < -0.3 is 16.4 Å². The average molecular weight is 344 g/mol. The topological polar surface area (TPSA) is 111 Å². The molecule has 3 rings (SSSR count). The predicted molar refractivity (Wildman–Crippen MR) is 94.1 cm³/mol. The average Bonchev–Trinajstić information content (AvgIpc) is 2.60. The van der Waals surface area contributed by atoms with Crippen LogP contribution in [-0.2, 0) is 4.79 Å². The van der Waals surface area contributed by atoms with Crippen molar-refractivity contribution in [1.29, 1.82) is 0 Å². The van der Waals surface area contributed by atoms with E-state index in [1.54, 1.807) is 0 Å². The largest absolute Gasteiger partial charge is 0.368 e. The summed E-state index contributed by atoms with van der Waals surface area (Å²) in [5, 5.41) is -0.0651. The number of hydrogen-bond donors (Lipinski definition) is 2. The van der Waals surface area contributed by atoms with Crippen molar-refractivity contribution < 1.29 is 4.79 Å². The van der Waals surface area contributed by atoms with Crippen molar-refractivity contribution >= 4 is 29.6 Å². The lowest BCUT2D eigenvalue weighted by molar-refractivity contribution is -0.131. The van der Waals surface area contributed by atoms with Gasteiger partial charge in [-0.1, -0.05) is 42.1 Å². The Morgan fingerprint density at radius 2 is 1.62 bits per heavy atom. The molecule has 7 nitrogen and oxygen atoms in total. The molecule has 2 heterocycles. The van der Waals surface area contributed by atoms with Crippen molar-refractivity contribution in [3.05, 3.63) is 35.9 Å². The quantitative estimate of drug-likeness (QED) is 0.815. The SMILES string of the molecule is Nc1nc(N)nc(S[C@H](C(=O)N2CCCCC2)c2ccccc2)n1.